The van der Waals surface area contributed by atoms with Crippen LogP contribution < -0.4 is 10.1 Å². The number of aromatic carboxylic acids is 1. The van der Waals surface area contributed by atoms with Crippen molar-refractivity contribution in [3.63, 3.8) is 0 Å². The number of methoxy groups -OCH3 is 1. The lowest BCUT2D eigenvalue weighted by molar-refractivity contribution is -0.120. The zero-order chi connectivity index (χ0) is 14.4. The lowest BCUT2D eigenvalue weighted by atomic mass is 10.0. The Morgan fingerprint density at radius 2 is 1.95 bits per heavy atom. The molecule has 0 aliphatic rings. The molecule has 0 aliphatic carbocycles. The molecule has 0 bridgehead atoms. The number of benzene rings is 1. The largest absolute Gasteiger partial charge is 0.495 e. The van der Waals surface area contributed by atoms with E-state index in [-0.39, 0.29) is 17.4 Å². The number of amides is 1. The summed E-state index contributed by atoms with van der Waals surface area (Å²) in [5.41, 5.74) is 0.613. The van der Waals surface area contributed by atoms with E-state index >= 15 is 0 Å². The zero-order valence-electron chi connectivity index (χ0n) is 11.4. The Bertz CT molecular complexity index is 467. The van der Waals surface area contributed by atoms with Crippen molar-refractivity contribution in [1.82, 2.24) is 0 Å². The van der Waals surface area contributed by atoms with Gasteiger partial charge in [-0.3, -0.25) is 4.79 Å². The summed E-state index contributed by atoms with van der Waals surface area (Å²) in [5, 5.41) is 11.7. The highest BCUT2D eigenvalue weighted by Gasteiger charge is 2.16. The highest BCUT2D eigenvalue weighted by molar-refractivity contribution is 5.95. The maximum Gasteiger partial charge on any atom is 0.335 e. The van der Waals surface area contributed by atoms with Crippen LogP contribution in [0.3, 0.4) is 0 Å². The van der Waals surface area contributed by atoms with Gasteiger partial charge in [-0.1, -0.05) is 13.8 Å². The van der Waals surface area contributed by atoms with Crippen molar-refractivity contribution in [2.75, 3.05) is 12.4 Å². The highest BCUT2D eigenvalue weighted by atomic mass is 16.5. The minimum atomic E-state index is -1.03. The molecule has 0 saturated heterocycles. The van der Waals surface area contributed by atoms with Crippen molar-refractivity contribution in [2.24, 2.45) is 5.92 Å². The first-order chi connectivity index (χ1) is 9.03. The second kappa shape index (κ2) is 6.78. The number of anilines is 1. The maximum absolute atomic E-state index is 12.0. The van der Waals surface area contributed by atoms with E-state index in [2.05, 4.69) is 5.32 Å². The third-order valence-electron chi connectivity index (χ3n) is 3.06. The number of nitrogens with one attached hydrogen (secondary N) is 1. The first-order valence-corrected chi connectivity index (χ1v) is 6.25. The topological polar surface area (TPSA) is 75.6 Å². The third-order valence-corrected chi connectivity index (χ3v) is 3.06. The van der Waals surface area contributed by atoms with E-state index < -0.39 is 5.97 Å². The van der Waals surface area contributed by atoms with E-state index in [1.54, 1.807) is 6.07 Å². The minimum absolute atomic E-state index is 0.0520. The van der Waals surface area contributed by atoms with Gasteiger partial charge in [-0.25, -0.2) is 4.79 Å². The molecule has 1 aromatic rings. The van der Waals surface area contributed by atoms with Crippen molar-refractivity contribution < 1.29 is 19.4 Å². The maximum atomic E-state index is 12.0. The summed E-state index contributed by atoms with van der Waals surface area (Å²) in [7, 11) is 1.44. The van der Waals surface area contributed by atoms with Gasteiger partial charge in [-0.05, 0) is 31.0 Å². The summed E-state index contributed by atoms with van der Waals surface area (Å²) in [6, 6.07) is 4.38. The number of ether oxygens (including phenoxy) is 1. The molecule has 1 rings (SSSR count). The lowest BCUT2D eigenvalue weighted by Gasteiger charge is -2.15. The molecule has 104 valence electrons. The molecule has 0 saturated carbocycles. The minimum Gasteiger partial charge on any atom is -0.495 e. The van der Waals surface area contributed by atoms with Gasteiger partial charge in [0.15, 0.2) is 0 Å². The molecule has 1 aromatic carbocycles. The summed E-state index contributed by atoms with van der Waals surface area (Å²) in [5.74, 6) is -0.814. The van der Waals surface area contributed by atoms with Gasteiger partial charge in [0.2, 0.25) is 5.91 Å². The van der Waals surface area contributed by atoms with E-state index in [1.165, 1.54) is 19.2 Å². The number of hydrogen-bond acceptors (Lipinski definition) is 3. The van der Waals surface area contributed by atoms with Crippen LogP contribution in [0, 0.1) is 5.92 Å². The van der Waals surface area contributed by atoms with Crippen LogP contribution in [0.25, 0.3) is 0 Å². The van der Waals surface area contributed by atoms with Gasteiger partial charge >= 0.3 is 5.97 Å². The van der Waals surface area contributed by atoms with Gasteiger partial charge in [-0.2, -0.15) is 0 Å². The molecule has 5 nitrogen and oxygen atoms in total. The van der Waals surface area contributed by atoms with Crippen LogP contribution in [0.2, 0.25) is 0 Å². The number of carbonyl (C=O) groups excluding carboxylic acids is 1. The zero-order valence-corrected chi connectivity index (χ0v) is 11.4. The van der Waals surface area contributed by atoms with Crippen molar-refractivity contribution in [1.29, 1.82) is 0 Å². The van der Waals surface area contributed by atoms with E-state index in [4.69, 9.17) is 9.84 Å². The Kier molecular flexibility index (Phi) is 5.36. The van der Waals surface area contributed by atoms with E-state index in [1.807, 2.05) is 13.8 Å². The second-order valence-corrected chi connectivity index (χ2v) is 4.22. The molecule has 0 radical (unpaired) electrons. The predicted octanol–water partition coefficient (Wildman–Crippen LogP) is 2.77. The summed E-state index contributed by atoms with van der Waals surface area (Å²) in [6.45, 7) is 3.91. The van der Waals surface area contributed by atoms with E-state index in [0.717, 1.165) is 12.8 Å². The Labute approximate surface area is 112 Å². The quantitative estimate of drug-likeness (QED) is 0.829. The Hall–Kier alpha value is -2.04. The Balaban J connectivity index is 2.95. The number of rotatable bonds is 6. The van der Waals surface area contributed by atoms with Gasteiger partial charge in [0, 0.05) is 5.92 Å². The van der Waals surface area contributed by atoms with Crippen molar-refractivity contribution in [3.05, 3.63) is 23.8 Å². The smallest absolute Gasteiger partial charge is 0.335 e. The van der Waals surface area contributed by atoms with E-state index in [0.29, 0.717) is 11.4 Å². The first-order valence-electron chi connectivity index (χ1n) is 6.25. The van der Waals surface area contributed by atoms with Gasteiger partial charge in [-0.15, -0.1) is 0 Å². The van der Waals surface area contributed by atoms with Gasteiger partial charge < -0.3 is 15.2 Å². The van der Waals surface area contributed by atoms with Crippen LogP contribution in [0.1, 0.15) is 37.0 Å². The standard InChI is InChI=1S/C14H19NO4/c1-4-9(5-2)13(16)15-11-7-6-10(14(17)18)8-12(11)19-3/h6-9H,4-5H2,1-3H3,(H,15,16)(H,17,18). The summed E-state index contributed by atoms with van der Waals surface area (Å²) < 4.78 is 5.11. The molecule has 0 fully saturated rings. The van der Waals surface area contributed by atoms with Crippen LogP contribution in [-0.4, -0.2) is 24.1 Å². The van der Waals surface area contributed by atoms with Crippen LogP contribution >= 0.6 is 0 Å². The predicted molar refractivity (Wildman–Crippen MR) is 72.7 cm³/mol. The molecule has 0 aromatic heterocycles. The summed E-state index contributed by atoms with van der Waals surface area (Å²) >= 11 is 0. The molecular formula is C14H19NO4. The van der Waals surface area contributed by atoms with Crippen molar-refractivity contribution in [2.45, 2.75) is 26.7 Å². The molecule has 0 heterocycles. The SMILES string of the molecule is CCC(CC)C(=O)Nc1ccc(C(=O)O)cc1OC. The lowest BCUT2D eigenvalue weighted by Crippen LogP contribution is -2.22. The summed E-state index contributed by atoms with van der Waals surface area (Å²) in [4.78, 5) is 22.8. The molecule has 5 heteroatoms. The van der Waals surface area contributed by atoms with Crippen LogP contribution in [0.5, 0.6) is 5.75 Å². The van der Waals surface area contributed by atoms with Crippen LogP contribution in [0.4, 0.5) is 5.69 Å². The van der Waals surface area contributed by atoms with Crippen LogP contribution in [0.15, 0.2) is 18.2 Å². The normalized spacial score (nSPS) is 10.3. The molecule has 1 amide bonds. The van der Waals surface area contributed by atoms with Crippen molar-refractivity contribution >= 4 is 17.6 Å². The molecule has 0 unspecified atom stereocenters. The number of hydrogen-bond donors (Lipinski definition) is 2. The Morgan fingerprint density at radius 3 is 2.42 bits per heavy atom. The highest BCUT2D eigenvalue weighted by Crippen LogP contribution is 2.26. The fourth-order valence-corrected chi connectivity index (χ4v) is 1.82. The third kappa shape index (κ3) is 3.71. The average molecular weight is 265 g/mol. The molecule has 0 atom stereocenters. The molecule has 0 spiro atoms. The molecular weight excluding hydrogens is 246 g/mol. The average Bonchev–Trinajstić information content (AvgIpc) is 2.40. The monoisotopic (exact) mass is 265 g/mol. The van der Waals surface area contributed by atoms with Gasteiger partial charge in [0.05, 0.1) is 18.4 Å². The van der Waals surface area contributed by atoms with Gasteiger partial charge in [0.25, 0.3) is 0 Å². The molecule has 2 N–H and O–H groups in total. The van der Waals surface area contributed by atoms with E-state index in [9.17, 15) is 9.59 Å². The number of carboxylic acids is 1. The molecule has 0 aliphatic heterocycles. The fraction of sp³-hybridized carbons (Fsp3) is 0.429. The number of carbonyl (C=O) groups is 2. The number of carboxylic acid groups (broad SMARTS) is 1. The first kappa shape index (κ1) is 15.0. The van der Waals surface area contributed by atoms with Crippen molar-refractivity contribution in [3.8, 4) is 5.75 Å². The fourth-order valence-electron chi connectivity index (χ4n) is 1.82. The Morgan fingerprint density at radius 1 is 1.32 bits per heavy atom. The summed E-state index contributed by atoms with van der Waals surface area (Å²) in [6.07, 6.45) is 1.52. The second-order valence-electron chi connectivity index (χ2n) is 4.22. The molecule has 19 heavy (non-hydrogen) atoms. The van der Waals surface area contributed by atoms with Crippen LogP contribution in [-0.2, 0) is 4.79 Å². The van der Waals surface area contributed by atoms with Gasteiger partial charge in [0.1, 0.15) is 5.75 Å².